The Balaban J connectivity index is 1.66. The van der Waals surface area contributed by atoms with Crippen LogP contribution in [0.25, 0.3) is 0 Å². The first-order valence-electron chi connectivity index (χ1n) is 7.82. The SMILES string of the molecule is CCc1cc(C(=O)N2CCC(Oc3ccccc3Cl)C2)n(C)n1. The van der Waals surface area contributed by atoms with Crippen molar-refractivity contribution in [2.45, 2.75) is 25.9 Å². The zero-order valence-electron chi connectivity index (χ0n) is 13.3. The zero-order valence-corrected chi connectivity index (χ0v) is 14.1. The number of carbonyl (C=O) groups excluding carboxylic acids is 1. The molecule has 2 aromatic rings. The van der Waals surface area contributed by atoms with Crippen LogP contribution in [0, 0.1) is 0 Å². The first kappa shape index (κ1) is 15.9. The lowest BCUT2D eigenvalue weighted by atomic mass is 10.3. The summed E-state index contributed by atoms with van der Waals surface area (Å²) < 4.78 is 7.59. The van der Waals surface area contributed by atoms with Crippen molar-refractivity contribution in [1.29, 1.82) is 0 Å². The Labute approximate surface area is 140 Å². The monoisotopic (exact) mass is 333 g/mol. The van der Waals surface area contributed by atoms with Gasteiger partial charge in [0.1, 0.15) is 17.5 Å². The molecule has 0 bridgehead atoms. The number of hydrogen-bond acceptors (Lipinski definition) is 3. The summed E-state index contributed by atoms with van der Waals surface area (Å²) >= 11 is 6.12. The number of carbonyl (C=O) groups is 1. The molecule has 0 radical (unpaired) electrons. The average Bonchev–Trinajstić information content (AvgIpc) is 3.15. The van der Waals surface area contributed by atoms with Gasteiger partial charge in [0.25, 0.3) is 5.91 Å². The molecule has 1 aliphatic rings. The molecule has 1 aromatic heterocycles. The minimum absolute atomic E-state index is 0.00459. The van der Waals surface area contributed by atoms with Crippen molar-refractivity contribution in [2.24, 2.45) is 7.05 Å². The van der Waals surface area contributed by atoms with Gasteiger partial charge < -0.3 is 9.64 Å². The van der Waals surface area contributed by atoms with E-state index in [4.69, 9.17) is 16.3 Å². The molecule has 23 heavy (non-hydrogen) atoms. The number of aromatic nitrogens is 2. The fraction of sp³-hybridized carbons (Fsp3) is 0.412. The molecule has 1 aliphatic heterocycles. The van der Waals surface area contributed by atoms with Crippen LogP contribution in [0.4, 0.5) is 0 Å². The molecule has 1 atom stereocenters. The molecular weight excluding hydrogens is 314 g/mol. The van der Waals surface area contributed by atoms with E-state index in [1.54, 1.807) is 17.8 Å². The van der Waals surface area contributed by atoms with Crippen LogP contribution >= 0.6 is 11.6 Å². The minimum Gasteiger partial charge on any atom is -0.487 e. The second-order valence-electron chi connectivity index (χ2n) is 5.71. The van der Waals surface area contributed by atoms with Crippen LogP contribution in [0.2, 0.25) is 5.02 Å². The number of halogens is 1. The summed E-state index contributed by atoms with van der Waals surface area (Å²) in [6.07, 6.45) is 1.59. The molecular formula is C17H20ClN3O2. The molecule has 2 heterocycles. The van der Waals surface area contributed by atoms with E-state index in [0.717, 1.165) is 18.5 Å². The van der Waals surface area contributed by atoms with Gasteiger partial charge in [-0.3, -0.25) is 9.48 Å². The van der Waals surface area contributed by atoms with Crippen molar-refractivity contribution < 1.29 is 9.53 Å². The lowest BCUT2D eigenvalue weighted by Crippen LogP contribution is -2.32. The molecule has 6 heteroatoms. The van der Waals surface area contributed by atoms with Gasteiger partial charge >= 0.3 is 0 Å². The Morgan fingerprint density at radius 3 is 2.91 bits per heavy atom. The number of benzene rings is 1. The summed E-state index contributed by atoms with van der Waals surface area (Å²) in [4.78, 5) is 14.5. The van der Waals surface area contributed by atoms with Crippen LogP contribution in [-0.2, 0) is 13.5 Å². The van der Waals surface area contributed by atoms with Crippen molar-refractivity contribution in [3.05, 3.63) is 46.7 Å². The maximum atomic E-state index is 12.6. The third-order valence-corrected chi connectivity index (χ3v) is 4.39. The van der Waals surface area contributed by atoms with E-state index >= 15 is 0 Å². The summed E-state index contributed by atoms with van der Waals surface area (Å²) in [7, 11) is 1.81. The predicted octanol–water partition coefficient (Wildman–Crippen LogP) is 2.93. The van der Waals surface area contributed by atoms with Crippen LogP contribution in [-0.4, -0.2) is 39.8 Å². The van der Waals surface area contributed by atoms with E-state index in [0.29, 0.717) is 29.6 Å². The Kier molecular flexibility index (Phi) is 4.57. The molecule has 1 fully saturated rings. The van der Waals surface area contributed by atoms with Crippen LogP contribution in [0.3, 0.4) is 0 Å². The molecule has 0 spiro atoms. The number of likely N-dealkylation sites (tertiary alicyclic amines) is 1. The first-order chi connectivity index (χ1) is 11.1. The summed E-state index contributed by atoms with van der Waals surface area (Å²) in [6.45, 7) is 3.28. The van der Waals surface area contributed by atoms with E-state index in [1.165, 1.54) is 0 Å². The van der Waals surface area contributed by atoms with E-state index < -0.39 is 0 Å². The topological polar surface area (TPSA) is 47.4 Å². The standard InChI is InChI=1S/C17H20ClN3O2/c1-3-12-10-15(20(2)19-12)17(22)21-9-8-13(11-21)23-16-7-5-4-6-14(16)18/h4-7,10,13H,3,8-9,11H2,1-2H3. The van der Waals surface area contributed by atoms with Gasteiger partial charge in [-0.05, 0) is 24.6 Å². The highest BCUT2D eigenvalue weighted by Gasteiger charge is 2.30. The predicted molar refractivity (Wildman–Crippen MR) is 89.0 cm³/mol. The highest BCUT2D eigenvalue weighted by Crippen LogP contribution is 2.27. The number of amides is 1. The highest BCUT2D eigenvalue weighted by atomic mass is 35.5. The van der Waals surface area contributed by atoms with Gasteiger partial charge in [-0.15, -0.1) is 0 Å². The Morgan fingerprint density at radius 1 is 1.43 bits per heavy atom. The molecule has 1 aromatic carbocycles. The number of rotatable bonds is 4. The fourth-order valence-electron chi connectivity index (χ4n) is 2.79. The molecule has 5 nitrogen and oxygen atoms in total. The second-order valence-corrected chi connectivity index (χ2v) is 6.12. The van der Waals surface area contributed by atoms with Gasteiger partial charge in [-0.1, -0.05) is 30.7 Å². The normalized spacial score (nSPS) is 17.5. The molecule has 122 valence electrons. The van der Waals surface area contributed by atoms with E-state index in [1.807, 2.05) is 36.1 Å². The van der Waals surface area contributed by atoms with Gasteiger partial charge in [0.2, 0.25) is 0 Å². The van der Waals surface area contributed by atoms with Crippen molar-refractivity contribution in [1.82, 2.24) is 14.7 Å². The quantitative estimate of drug-likeness (QED) is 0.864. The Morgan fingerprint density at radius 2 is 2.22 bits per heavy atom. The number of aryl methyl sites for hydroxylation is 2. The zero-order chi connectivity index (χ0) is 16.4. The van der Waals surface area contributed by atoms with Gasteiger partial charge in [0.05, 0.1) is 17.3 Å². The van der Waals surface area contributed by atoms with Crippen molar-refractivity contribution >= 4 is 17.5 Å². The molecule has 1 amide bonds. The molecule has 0 saturated carbocycles. The van der Waals surface area contributed by atoms with Gasteiger partial charge in [-0.25, -0.2) is 0 Å². The van der Waals surface area contributed by atoms with E-state index in [2.05, 4.69) is 5.10 Å². The van der Waals surface area contributed by atoms with Crippen LogP contribution in [0.15, 0.2) is 30.3 Å². The molecule has 0 N–H and O–H groups in total. The highest BCUT2D eigenvalue weighted by molar-refractivity contribution is 6.32. The number of para-hydroxylation sites is 1. The lowest BCUT2D eigenvalue weighted by Gasteiger charge is -2.17. The van der Waals surface area contributed by atoms with Crippen molar-refractivity contribution in [2.75, 3.05) is 13.1 Å². The average molecular weight is 334 g/mol. The lowest BCUT2D eigenvalue weighted by molar-refractivity contribution is 0.0761. The summed E-state index contributed by atoms with van der Waals surface area (Å²) in [5.74, 6) is 0.673. The summed E-state index contributed by atoms with van der Waals surface area (Å²) in [6, 6.07) is 9.27. The Bertz CT molecular complexity index is 714. The molecule has 1 unspecified atom stereocenters. The summed E-state index contributed by atoms with van der Waals surface area (Å²) in [5, 5.41) is 4.93. The van der Waals surface area contributed by atoms with E-state index in [9.17, 15) is 4.79 Å². The van der Waals surface area contributed by atoms with Crippen molar-refractivity contribution in [3.8, 4) is 5.75 Å². The van der Waals surface area contributed by atoms with E-state index in [-0.39, 0.29) is 12.0 Å². The smallest absolute Gasteiger partial charge is 0.272 e. The Hall–Kier alpha value is -2.01. The number of ether oxygens (including phenoxy) is 1. The van der Waals surface area contributed by atoms with Gasteiger partial charge in [0.15, 0.2) is 0 Å². The number of hydrogen-bond donors (Lipinski definition) is 0. The molecule has 3 rings (SSSR count). The summed E-state index contributed by atoms with van der Waals surface area (Å²) in [5.41, 5.74) is 1.55. The van der Waals surface area contributed by atoms with Crippen LogP contribution < -0.4 is 4.74 Å². The third kappa shape index (κ3) is 3.34. The van der Waals surface area contributed by atoms with Crippen molar-refractivity contribution in [3.63, 3.8) is 0 Å². The number of nitrogens with zero attached hydrogens (tertiary/aromatic N) is 3. The van der Waals surface area contributed by atoms with Crippen LogP contribution in [0.5, 0.6) is 5.75 Å². The van der Waals surface area contributed by atoms with Gasteiger partial charge in [0, 0.05) is 20.0 Å². The largest absolute Gasteiger partial charge is 0.487 e. The minimum atomic E-state index is -0.0299. The molecule has 0 aliphatic carbocycles. The first-order valence-corrected chi connectivity index (χ1v) is 8.19. The third-order valence-electron chi connectivity index (χ3n) is 4.07. The maximum absolute atomic E-state index is 12.6. The second kappa shape index (κ2) is 6.62. The van der Waals surface area contributed by atoms with Crippen LogP contribution in [0.1, 0.15) is 29.5 Å². The van der Waals surface area contributed by atoms with Gasteiger partial charge in [-0.2, -0.15) is 5.10 Å². The maximum Gasteiger partial charge on any atom is 0.272 e. The fourth-order valence-corrected chi connectivity index (χ4v) is 2.97. The molecule has 1 saturated heterocycles.